The number of nitriles is 1. The second kappa shape index (κ2) is 8.36. The maximum Gasteiger partial charge on any atom is 0.227 e. The van der Waals surface area contributed by atoms with Crippen LogP contribution in [0.2, 0.25) is 0 Å². The van der Waals surface area contributed by atoms with E-state index in [2.05, 4.69) is 16.1 Å². The van der Waals surface area contributed by atoms with Crippen LogP contribution in [0.1, 0.15) is 34.5 Å². The van der Waals surface area contributed by atoms with Crippen LogP contribution >= 0.6 is 0 Å². The molecule has 1 aliphatic heterocycles. The van der Waals surface area contributed by atoms with Crippen LogP contribution in [0, 0.1) is 25.2 Å². The summed E-state index contributed by atoms with van der Waals surface area (Å²) in [6.45, 7) is 8.26. The number of amides is 1. The van der Waals surface area contributed by atoms with Crippen LogP contribution in [0.4, 0.5) is 0 Å². The quantitative estimate of drug-likeness (QED) is 0.833. The summed E-state index contributed by atoms with van der Waals surface area (Å²) in [4.78, 5) is 17.2. The van der Waals surface area contributed by atoms with Crippen LogP contribution in [0.15, 0.2) is 24.3 Å². The second-order valence-corrected chi connectivity index (χ2v) is 7.27. The molecule has 0 radical (unpaired) electrons. The van der Waals surface area contributed by atoms with Crippen molar-refractivity contribution in [2.75, 3.05) is 26.2 Å². The third kappa shape index (κ3) is 4.55. The summed E-state index contributed by atoms with van der Waals surface area (Å²) in [7, 11) is 1.92. The van der Waals surface area contributed by atoms with E-state index in [1.807, 2.05) is 54.7 Å². The molecule has 0 N–H and O–H groups in total. The smallest absolute Gasteiger partial charge is 0.227 e. The van der Waals surface area contributed by atoms with Crippen molar-refractivity contribution in [3.8, 4) is 6.07 Å². The number of aromatic nitrogens is 2. The fourth-order valence-corrected chi connectivity index (χ4v) is 3.66. The molecular formula is C21H27N5O. The van der Waals surface area contributed by atoms with Gasteiger partial charge < -0.3 is 4.90 Å². The van der Waals surface area contributed by atoms with Crippen LogP contribution in [-0.4, -0.2) is 51.7 Å². The molecule has 6 heteroatoms. The first kappa shape index (κ1) is 19.1. The highest BCUT2D eigenvalue weighted by Crippen LogP contribution is 2.15. The van der Waals surface area contributed by atoms with Crippen molar-refractivity contribution in [2.24, 2.45) is 7.05 Å². The van der Waals surface area contributed by atoms with Crippen molar-refractivity contribution in [3.63, 3.8) is 0 Å². The number of hydrogen-bond acceptors (Lipinski definition) is 4. The Morgan fingerprint density at radius 1 is 1.15 bits per heavy atom. The fraction of sp³-hybridized carbons (Fsp3) is 0.476. The summed E-state index contributed by atoms with van der Waals surface area (Å²) >= 11 is 0. The molecule has 2 aromatic rings. The van der Waals surface area contributed by atoms with Crippen molar-refractivity contribution in [3.05, 3.63) is 52.3 Å². The highest BCUT2D eigenvalue weighted by molar-refractivity contribution is 5.79. The Morgan fingerprint density at radius 2 is 1.89 bits per heavy atom. The van der Waals surface area contributed by atoms with Gasteiger partial charge in [-0.15, -0.1) is 0 Å². The number of hydrogen-bond donors (Lipinski definition) is 0. The minimum Gasteiger partial charge on any atom is -0.341 e. The fourth-order valence-electron chi connectivity index (χ4n) is 3.66. The number of aryl methyl sites for hydroxylation is 2. The number of rotatable bonds is 4. The Labute approximate surface area is 161 Å². The van der Waals surface area contributed by atoms with Gasteiger partial charge in [0.2, 0.25) is 5.91 Å². The maximum atomic E-state index is 12.8. The van der Waals surface area contributed by atoms with Gasteiger partial charge in [-0.3, -0.25) is 14.4 Å². The van der Waals surface area contributed by atoms with Gasteiger partial charge in [0.05, 0.1) is 23.7 Å². The van der Waals surface area contributed by atoms with E-state index in [1.165, 1.54) is 5.56 Å². The Kier molecular flexibility index (Phi) is 5.92. The third-order valence-electron chi connectivity index (χ3n) is 5.42. The lowest BCUT2D eigenvalue weighted by Crippen LogP contribution is -2.36. The van der Waals surface area contributed by atoms with E-state index in [1.54, 1.807) is 0 Å². The molecule has 1 aromatic heterocycles. The van der Waals surface area contributed by atoms with Gasteiger partial charge in [-0.25, -0.2) is 0 Å². The van der Waals surface area contributed by atoms with E-state index in [4.69, 9.17) is 5.26 Å². The lowest BCUT2D eigenvalue weighted by Gasteiger charge is -2.22. The SMILES string of the molecule is Cc1nn(C)c(C)c1CC(=O)N1CCCN(Cc2ccc(C#N)cc2)CC1. The van der Waals surface area contributed by atoms with Crippen molar-refractivity contribution < 1.29 is 4.79 Å². The van der Waals surface area contributed by atoms with E-state index in [0.717, 1.165) is 56.1 Å². The standard InChI is InChI=1S/C21H27N5O/c1-16-20(17(2)24(3)23-16)13-21(27)26-10-4-9-25(11-12-26)15-19-7-5-18(14-22)6-8-19/h5-8H,4,9-13,15H2,1-3H3. The first-order valence-electron chi connectivity index (χ1n) is 9.46. The first-order valence-corrected chi connectivity index (χ1v) is 9.46. The maximum absolute atomic E-state index is 12.8. The average Bonchev–Trinajstić information content (AvgIpc) is 2.84. The predicted molar refractivity (Wildman–Crippen MR) is 104 cm³/mol. The van der Waals surface area contributed by atoms with Crippen LogP contribution in [0.25, 0.3) is 0 Å². The minimum atomic E-state index is 0.189. The van der Waals surface area contributed by atoms with Gasteiger partial charge in [0.15, 0.2) is 0 Å². The minimum absolute atomic E-state index is 0.189. The number of carbonyl (C=O) groups is 1. The Bertz CT molecular complexity index is 847. The summed E-state index contributed by atoms with van der Waals surface area (Å²) in [5.74, 6) is 0.189. The molecule has 0 aliphatic carbocycles. The molecule has 0 bridgehead atoms. The van der Waals surface area contributed by atoms with Crippen molar-refractivity contribution in [2.45, 2.75) is 33.2 Å². The zero-order chi connectivity index (χ0) is 19.4. The molecule has 2 heterocycles. The van der Waals surface area contributed by atoms with E-state index in [0.29, 0.717) is 12.0 Å². The Morgan fingerprint density at radius 3 is 2.52 bits per heavy atom. The molecule has 1 saturated heterocycles. The summed E-state index contributed by atoms with van der Waals surface area (Å²) < 4.78 is 1.85. The molecule has 27 heavy (non-hydrogen) atoms. The lowest BCUT2D eigenvalue weighted by molar-refractivity contribution is -0.130. The van der Waals surface area contributed by atoms with Gasteiger partial charge in [-0.05, 0) is 38.0 Å². The number of carbonyl (C=O) groups excluding carboxylic acids is 1. The van der Waals surface area contributed by atoms with Crippen molar-refractivity contribution in [1.29, 1.82) is 5.26 Å². The highest BCUT2D eigenvalue weighted by atomic mass is 16.2. The predicted octanol–water partition coefficient (Wildman–Crippen LogP) is 2.19. The largest absolute Gasteiger partial charge is 0.341 e. The molecule has 3 rings (SSSR count). The molecule has 0 saturated carbocycles. The molecule has 1 aromatic carbocycles. The van der Waals surface area contributed by atoms with Crippen molar-refractivity contribution in [1.82, 2.24) is 19.6 Å². The van der Waals surface area contributed by atoms with E-state index < -0.39 is 0 Å². The zero-order valence-corrected chi connectivity index (χ0v) is 16.4. The second-order valence-electron chi connectivity index (χ2n) is 7.27. The molecule has 0 atom stereocenters. The molecule has 0 unspecified atom stereocenters. The van der Waals surface area contributed by atoms with Crippen LogP contribution in [0.3, 0.4) is 0 Å². The topological polar surface area (TPSA) is 65.2 Å². The molecule has 1 aliphatic rings. The van der Waals surface area contributed by atoms with Crippen LogP contribution in [-0.2, 0) is 24.8 Å². The van der Waals surface area contributed by atoms with E-state index in [-0.39, 0.29) is 5.91 Å². The average molecular weight is 365 g/mol. The number of nitrogens with zero attached hydrogens (tertiary/aromatic N) is 5. The van der Waals surface area contributed by atoms with Crippen LogP contribution < -0.4 is 0 Å². The van der Waals surface area contributed by atoms with Gasteiger partial charge in [0.1, 0.15) is 0 Å². The lowest BCUT2D eigenvalue weighted by atomic mass is 10.1. The summed E-state index contributed by atoms with van der Waals surface area (Å²) in [6, 6.07) is 9.91. The van der Waals surface area contributed by atoms with Gasteiger partial charge >= 0.3 is 0 Å². The molecule has 0 spiro atoms. The van der Waals surface area contributed by atoms with Gasteiger partial charge in [-0.2, -0.15) is 10.4 Å². The van der Waals surface area contributed by atoms with Crippen molar-refractivity contribution >= 4 is 5.91 Å². The van der Waals surface area contributed by atoms with Gasteiger partial charge in [0.25, 0.3) is 0 Å². The molecule has 142 valence electrons. The monoisotopic (exact) mass is 365 g/mol. The van der Waals surface area contributed by atoms with E-state index >= 15 is 0 Å². The summed E-state index contributed by atoms with van der Waals surface area (Å²) in [5, 5.41) is 13.3. The number of benzene rings is 1. The Balaban J connectivity index is 1.57. The van der Waals surface area contributed by atoms with Gasteiger partial charge in [-0.1, -0.05) is 12.1 Å². The molecule has 6 nitrogen and oxygen atoms in total. The molecular weight excluding hydrogens is 338 g/mol. The zero-order valence-electron chi connectivity index (χ0n) is 16.4. The van der Waals surface area contributed by atoms with E-state index in [9.17, 15) is 4.79 Å². The normalized spacial score (nSPS) is 15.4. The van der Waals surface area contributed by atoms with Crippen LogP contribution in [0.5, 0.6) is 0 Å². The first-order chi connectivity index (χ1) is 13.0. The highest BCUT2D eigenvalue weighted by Gasteiger charge is 2.21. The Hall–Kier alpha value is -2.65. The molecule has 1 fully saturated rings. The summed E-state index contributed by atoms with van der Waals surface area (Å²) in [5.41, 5.74) is 4.96. The molecule has 1 amide bonds. The third-order valence-corrected chi connectivity index (χ3v) is 5.42. The van der Waals surface area contributed by atoms with Gasteiger partial charge in [0, 0.05) is 51.0 Å². The summed E-state index contributed by atoms with van der Waals surface area (Å²) in [6.07, 6.45) is 1.41.